The summed E-state index contributed by atoms with van der Waals surface area (Å²) in [6, 6.07) is 9.02. The zero-order valence-electron chi connectivity index (χ0n) is 13.1. The van der Waals surface area contributed by atoms with Crippen molar-refractivity contribution in [2.75, 3.05) is 13.1 Å². The van der Waals surface area contributed by atoms with Gasteiger partial charge in [-0.3, -0.25) is 0 Å². The van der Waals surface area contributed by atoms with Crippen LogP contribution in [0.15, 0.2) is 34.9 Å². The molecule has 1 N–H and O–H groups in total. The number of nitrogens with zero attached hydrogens (tertiary/aromatic N) is 3. The lowest BCUT2D eigenvalue weighted by molar-refractivity contribution is 0.0194. The number of aromatic nitrogens is 2. The van der Waals surface area contributed by atoms with Crippen LogP contribution in [0.3, 0.4) is 0 Å². The Morgan fingerprint density at radius 1 is 1.29 bits per heavy atom. The van der Waals surface area contributed by atoms with Gasteiger partial charge in [-0.15, -0.1) is 0 Å². The van der Waals surface area contributed by atoms with Gasteiger partial charge < -0.3 is 9.63 Å². The molecule has 0 bridgehead atoms. The fourth-order valence-electron chi connectivity index (χ4n) is 2.98. The normalized spacial score (nSPS) is 25.2. The van der Waals surface area contributed by atoms with Gasteiger partial charge in [-0.05, 0) is 18.4 Å². The minimum atomic E-state index is -3.51. The first-order valence-corrected chi connectivity index (χ1v) is 9.65. The molecule has 2 aromatic rings. The molecule has 1 saturated carbocycles. The van der Waals surface area contributed by atoms with Crippen molar-refractivity contribution in [2.45, 2.75) is 36.5 Å². The van der Waals surface area contributed by atoms with Gasteiger partial charge in [-0.1, -0.05) is 35.5 Å². The maximum absolute atomic E-state index is 12.6. The molecule has 1 aliphatic heterocycles. The standard InChI is InChI=1S/C16H19N3O4S/c20-16(15-17-14(18-23-15)13-6-7-13)8-9-19(11-16)24(21,22)10-12-4-2-1-3-5-12/h1-5,13,20H,6-11H2/t16-/m1/s1. The average molecular weight is 349 g/mol. The van der Waals surface area contributed by atoms with Crippen LogP contribution in [-0.4, -0.2) is 41.1 Å². The third-order valence-electron chi connectivity index (χ3n) is 4.58. The van der Waals surface area contributed by atoms with Gasteiger partial charge >= 0.3 is 0 Å². The van der Waals surface area contributed by atoms with Gasteiger partial charge in [0, 0.05) is 18.9 Å². The number of benzene rings is 1. The van der Waals surface area contributed by atoms with E-state index in [2.05, 4.69) is 10.1 Å². The van der Waals surface area contributed by atoms with Crippen LogP contribution in [0.5, 0.6) is 0 Å². The summed E-state index contributed by atoms with van der Waals surface area (Å²) in [5.41, 5.74) is -0.675. The molecule has 1 aromatic carbocycles. The summed E-state index contributed by atoms with van der Waals surface area (Å²) in [5, 5.41) is 14.7. The summed E-state index contributed by atoms with van der Waals surface area (Å²) < 4.78 is 31.7. The SMILES string of the molecule is O=S(=O)(Cc1ccccc1)N1CC[C@](O)(c2nc(C3CC3)no2)C1. The zero-order valence-corrected chi connectivity index (χ0v) is 13.9. The Morgan fingerprint density at radius 3 is 2.75 bits per heavy atom. The summed E-state index contributed by atoms with van der Waals surface area (Å²) in [6.45, 7) is 0.196. The van der Waals surface area contributed by atoms with Gasteiger partial charge in [0.25, 0.3) is 5.89 Å². The molecule has 0 spiro atoms. The molecule has 4 rings (SSSR count). The Kier molecular flexibility index (Phi) is 3.70. The third-order valence-corrected chi connectivity index (χ3v) is 6.38. The molecular formula is C16H19N3O4S. The largest absolute Gasteiger partial charge is 0.379 e. The molecule has 0 unspecified atom stereocenters. The first-order valence-electron chi connectivity index (χ1n) is 8.04. The summed E-state index contributed by atoms with van der Waals surface area (Å²) in [6.07, 6.45) is 2.33. The predicted octanol–water partition coefficient (Wildman–Crippen LogP) is 1.37. The summed E-state index contributed by atoms with van der Waals surface area (Å²) in [7, 11) is -3.51. The molecule has 128 valence electrons. The van der Waals surface area contributed by atoms with Gasteiger partial charge in [-0.25, -0.2) is 8.42 Å². The quantitative estimate of drug-likeness (QED) is 0.876. The highest BCUT2D eigenvalue weighted by Gasteiger charge is 2.46. The van der Waals surface area contributed by atoms with Gasteiger partial charge in [-0.2, -0.15) is 9.29 Å². The molecule has 1 aliphatic carbocycles. The van der Waals surface area contributed by atoms with Gasteiger partial charge in [0.05, 0.1) is 12.3 Å². The topological polar surface area (TPSA) is 96.5 Å². The molecular weight excluding hydrogens is 330 g/mol. The van der Waals surface area contributed by atoms with E-state index in [1.807, 2.05) is 18.2 Å². The predicted molar refractivity (Wildman–Crippen MR) is 85.4 cm³/mol. The van der Waals surface area contributed by atoms with Crippen LogP contribution in [-0.2, 0) is 21.4 Å². The van der Waals surface area contributed by atoms with Crippen LogP contribution in [0.25, 0.3) is 0 Å². The molecule has 0 radical (unpaired) electrons. The second-order valence-electron chi connectivity index (χ2n) is 6.59. The van der Waals surface area contributed by atoms with Crippen molar-refractivity contribution in [1.29, 1.82) is 0 Å². The number of hydrogen-bond acceptors (Lipinski definition) is 6. The second-order valence-corrected chi connectivity index (χ2v) is 8.56. The smallest absolute Gasteiger partial charge is 0.260 e. The van der Waals surface area contributed by atoms with Crippen LogP contribution in [0.2, 0.25) is 0 Å². The maximum Gasteiger partial charge on any atom is 0.260 e. The highest BCUT2D eigenvalue weighted by Crippen LogP contribution is 2.40. The Bertz CT molecular complexity index is 832. The number of rotatable bonds is 5. The van der Waals surface area contributed by atoms with E-state index in [0.29, 0.717) is 11.7 Å². The molecule has 0 amide bonds. The summed E-state index contributed by atoms with van der Waals surface area (Å²) in [4.78, 5) is 4.28. The minimum absolute atomic E-state index is 0.0472. The molecule has 1 atom stereocenters. The number of hydrogen-bond donors (Lipinski definition) is 1. The second kappa shape index (κ2) is 5.65. The summed E-state index contributed by atoms with van der Waals surface area (Å²) in [5.74, 6) is 0.984. The number of β-amino-alcohol motifs (C(OH)–C–C–N with tert-alkyl or cyclic N) is 1. The lowest BCUT2D eigenvalue weighted by Crippen LogP contribution is -2.35. The van der Waals surface area contributed by atoms with E-state index in [0.717, 1.165) is 18.4 Å². The molecule has 2 aliphatic rings. The third kappa shape index (κ3) is 2.97. The van der Waals surface area contributed by atoms with Crippen molar-refractivity contribution < 1.29 is 18.0 Å². The Balaban J connectivity index is 1.50. The molecule has 2 heterocycles. The van der Waals surface area contributed by atoms with Crippen molar-refractivity contribution in [1.82, 2.24) is 14.4 Å². The van der Waals surface area contributed by atoms with E-state index in [-0.39, 0.29) is 31.2 Å². The summed E-state index contributed by atoms with van der Waals surface area (Å²) >= 11 is 0. The van der Waals surface area contributed by atoms with Crippen LogP contribution in [0.1, 0.15) is 42.5 Å². The van der Waals surface area contributed by atoms with E-state index in [1.165, 1.54) is 4.31 Å². The molecule has 7 nitrogen and oxygen atoms in total. The molecule has 24 heavy (non-hydrogen) atoms. The Morgan fingerprint density at radius 2 is 2.04 bits per heavy atom. The van der Waals surface area contributed by atoms with Crippen molar-refractivity contribution in [3.8, 4) is 0 Å². The van der Waals surface area contributed by atoms with Crippen LogP contribution in [0.4, 0.5) is 0 Å². The first kappa shape index (κ1) is 15.7. The van der Waals surface area contributed by atoms with Gasteiger partial charge in [0.1, 0.15) is 0 Å². The Labute approximate surface area is 140 Å². The molecule has 2 fully saturated rings. The lowest BCUT2D eigenvalue weighted by atomic mass is 10.0. The van der Waals surface area contributed by atoms with Crippen molar-refractivity contribution in [3.63, 3.8) is 0 Å². The van der Waals surface area contributed by atoms with E-state index in [1.54, 1.807) is 12.1 Å². The highest BCUT2D eigenvalue weighted by molar-refractivity contribution is 7.88. The van der Waals surface area contributed by atoms with E-state index in [4.69, 9.17) is 4.52 Å². The van der Waals surface area contributed by atoms with Crippen molar-refractivity contribution in [2.24, 2.45) is 0 Å². The van der Waals surface area contributed by atoms with Crippen LogP contribution >= 0.6 is 0 Å². The van der Waals surface area contributed by atoms with Gasteiger partial charge in [0.15, 0.2) is 11.4 Å². The maximum atomic E-state index is 12.6. The number of aliphatic hydroxyl groups is 1. The van der Waals surface area contributed by atoms with E-state index < -0.39 is 15.6 Å². The van der Waals surface area contributed by atoms with Crippen molar-refractivity contribution in [3.05, 3.63) is 47.6 Å². The molecule has 1 saturated heterocycles. The molecule has 8 heteroatoms. The Hall–Kier alpha value is -1.77. The van der Waals surface area contributed by atoms with E-state index >= 15 is 0 Å². The van der Waals surface area contributed by atoms with Crippen LogP contribution < -0.4 is 0 Å². The molecule has 1 aromatic heterocycles. The van der Waals surface area contributed by atoms with Crippen molar-refractivity contribution >= 4 is 10.0 Å². The fraction of sp³-hybridized carbons (Fsp3) is 0.500. The average Bonchev–Trinajstić information content (AvgIpc) is 3.12. The highest BCUT2D eigenvalue weighted by atomic mass is 32.2. The monoisotopic (exact) mass is 349 g/mol. The lowest BCUT2D eigenvalue weighted by Gasteiger charge is -2.19. The van der Waals surface area contributed by atoms with Gasteiger partial charge in [0.2, 0.25) is 10.0 Å². The first-order chi connectivity index (χ1) is 11.5. The minimum Gasteiger partial charge on any atom is -0.379 e. The number of sulfonamides is 1. The van der Waals surface area contributed by atoms with Crippen LogP contribution in [0, 0.1) is 0 Å². The van der Waals surface area contributed by atoms with E-state index in [9.17, 15) is 13.5 Å². The fourth-order valence-corrected chi connectivity index (χ4v) is 4.55. The zero-order chi connectivity index (χ0) is 16.8.